The molecule has 1 amide bonds. The Morgan fingerprint density at radius 2 is 2.00 bits per heavy atom. The smallest absolute Gasteiger partial charge is 0.325 e. The molecule has 0 aromatic carbocycles. The number of amides is 1. The Morgan fingerprint density at radius 1 is 1.28 bits per heavy atom. The number of carbonyl (C=O) groups excluding carboxylic acids is 1. The van der Waals surface area contributed by atoms with Gasteiger partial charge in [-0.15, -0.1) is 11.3 Å². The first kappa shape index (κ1) is 17.1. The van der Waals surface area contributed by atoms with E-state index in [2.05, 4.69) is 15.5 Å². The first-order valence-electron chi connectivity index (χ1n) is 7.66. The number of hydrogen-bond acceptors (Lipinski definition) is 6. The highest BCUT2D eigenvalue weighted by atomic mass is 32.1. The standard InChI is InChI=1S/C17H17N3O4S/c1-7-5-11(10(4)25-7)13-6-12(15(21)18-9(3)17(22)23)14-8(2)20-24-16(14)19-13/h5-6,9H,1-4H3,(H,18,21)(H,22,23). The summed E-state index contributed by atoms with van der Waals surface area (Å²) in [5.74, 6) is -1.61. The molecular weight excluding hydrogens is 342 g/mol. The van der Waals surface area contributed by atoms with Gasteiger partial charge in [-0.2, -0.15) is 0 Å². The van der Waals surface area contributed by atoms with E-state index < -0.39 is 17.9 Å². The van der Waals surface area contributed by atoms with Crippen LogP contribution in [-0.4, -0.2) is 33.2 Å². The maximum atomic E-state index is 12.6. The van der Waals surface area contributed by atoms with Crippen LogP contribution in [-0.2, 0) is 4.79 Å². The van der Waals surface area contributed by atoms with Crippen LogP contribution >= 0.6 is 11.3 Å². The number of aryl methyl sites for hydroxylation is 3. The van der Waals surface area contributed by atoms with E-state index in [0.717, 1.165) is 15.3 Å². The number of carboxylic acid groups (broad SMARTS) is 1. The summed E-state index contributed by atoms with van der Waals surface area (Å²) in [6.45, 7) is 7.11. The van der Waals surface area contributed by atoms with Gasteiger partial charge in [-0.25, -0.2) is 4.98 Å². The van der Waals surface area contributed by atoms with Gasteiger partial charge in [0.15, 0.2) is 0 Å². The van der Waals surface area contributed by atoms with Crippen molar-refractivity contribution in [1.29, 1.82) is 0 Å². The summed E-state index contributed by atoms with van der Waals surface area (Å²) in [7, 11) is 0. The molecule has 0 aliphatic heterocycles. The SMILES string of the molecule is Cc1cc(-c2cc(C(=O)NC(C)C(=O)O)c3c(C)noc3n2)c(C)s1. The third-order valence-electron chi connectivity index (χ3n) is 3.90. The molecule has 3 aromatic rings. The molecule has 0 radical (unpaired) electrons. The Kier molecular flexibility index (Phi) is 4.30. The van der Waals surface area contributed by atoms with Crippen LogP contribution in [0.5, 0.6) is 0 Å². The van der Waals surface area contributed by atoms with Gasteiger partial charge < -0.3 is 14.9 Å². The molecule has 0 saturated heterocycles. The van der Waals surface area contributed by atoms with E-state index in [0.29, 0.717) is 22.3 Å². The number of aliphatic carboxylic acids is 1. The van der Waals surface area contributed by atoms with E-state index in [9.17, 15) is 9.59 Å². The predicted molar refractivity (Wildman–Crippen MR) is 93.9 cm³/mol. The minimum absolute atomic E-state index is 0.256. The lowest BCUT2D eigenvalue weighted by Gasteiger charge is -2.11. The average Bonchev–Trinajstić information content (AvgIpc) is 3.08. The summed E-state index contributed by atoms with van der Waals surface area (Å²) in [6, 6.07) is 2.65. The lowest BCUT2D eigenvalue weighted by atomic mass is 10.1. The fourth-order valence-corrected chi connectivity index (χ4v) is 3.57. The average molecular weight is 359 g/mol. The number of carboxylic acids is 1. The van der Waals surface area contributed by atoms with Crippen molar-refractivity contribution in [2.24, 2.45) is 0 Å². The highest BCUT2D eigenvalue weighted by molar-refractivity contribution is 7.12. The normalized spacial score (nSPS) is 12.3. The number of nitrogens with one attached hydrogen (secondary N) is 1. The molecule has 3 aromatic heterocycles. The lowest BCUT2D eigenvalue weighted by Crippen LogP contribution is -2.38. The first-order chi connectivity index (χ1) is 11.8. The number of fused-ring (bicyclic) bond motifs is 1. The van der Waals surface area contributed by atoms with Crippen molar-refractivity contribution in [3.63, 3.8) is 0 Å². The Labute approximate surface area is 147 Å². The largest absolute Gasteiger partial charge is 0.480 e. The van der Waals surface area contributed by atoms with Gasteiger partial charge in [-0.05, 0) is 39.8 Å². The van der Waals surface area contributed by atoms with Crippen LogP contribution in [0.2, 0.25) is 0 Å². The molecule has 0 saturated carbocycles. The maximum Gasteiger partial charge on any atom is 0.325 e. The van der Waals surface area contributed by atoms with Gasteiger partial charge >= 0.3 is 5.97 Å². The van der Waals surface area contributed by atoms with Crippen LogP contribution in [0.15, 0.2) is 16.7 Å². The summed E-state index contributed by atoms with van der Waals surface area (Å²) >= 11 is 1.64. The van der Waals surface area contributed by atoms with Crippen molar-refractivity contribution in [1.82, 2.24) is 15.5 Å². The highest BCUT2D eigenvalue weighted by Crippen LogP contribution is 2.32. The first-order valence-corrected chi connectivity index (χ1v) is 8.47. The maximum absolute atomic E-state index is 12.6. The molecule has 3 rings (SSSR count). The molecule has 2 N–H and O–H groups in total. The van der Waals surface area contributed by atoms with E-state index in [1.807, 2.05) is 19.9 Å². The number of aromatic nitrogens is 2. The highest BCUT2D eigenvalue weighted by Gasteiger charge is 2.23. The van der Waals surface area contributed by atoms with Gasteiger partial charge in [0.25, 0.3) is 11.6 Å². The Morgan fingerprint density at radius 3 is 2.60 bits per heavy atom. The fourth-order valence-electron chi connectivity index (χ4n) is 2.63. The van der Waals surface area contributed by atoms with Crippen molar-refractivity contribution in [3.8, 4) is 11.3 Å². The van der Waals surface area contributed by atoms with Gasteiger partial charge in [0, 0.05) is 15.3 Å². The zero-order valence-electron chi connectivity index (χ0n) is 14.2. The molecule has 0 fully saturated rings. The van der Waals surface area contributed by atoms with E-state index in [-0.39, 0.29) is 5.71 Å². The second-order valence-corrected chi connectivity index (χ2v) is 7.32. The predicted octanol–water partition coefficient (Wildman–Crippen LogP) is 3.08. The number of carbonyl (C=O) groups is 2. The summed E-state index contributed by atoms with van der Waals surface area (Å²) in [4.78, 5) is 30.3. The molecule has 0 aliphatic rings. The number of hydrogen-bond donors (Lipinski definition) is 2. The molecule has 7 nitrogen and oxygen atoms in total. The monoisotopic (exact) mass is 359 g/mol. The minimum atomic E-state index is -1.11. The zero-order chi connectivity index (χ0) is 18.3. The number of nitrogens with zero attached hydrogens (tertiary/aromatic N) is 2. The molecule has 25 heavy (non-hydrogen) atoms. The number of thiophene rings is 1. The van der Waals surface area contributed by atoms with Crippen molar-refractivity contribution < 1.29 is 19.2 Å². The Balaban J connectivity index is 2.15. The summed E-state index contributed by atoms with van der Waals surface area (Å²) in [5, 5.41) is 15.9. The second-order valence-electron chi connectivity index (χ2n) is 5.86. The van der Waals surface area contributed by atoms with Crippen LogP contribution in [0.3, 0.4) is 0 Å². The zero-order valence-corrected chi connectivity index (χ0v) is 15.0. The van der Waals surface area contributed by atoms with Gasteiger partial charge in [-0.3, -0.25) is 9.59 Å². The molecule has 1 atom stereocenters. The molecule has 0 aliphatic carbocycles. The summed E-state index contributed by atoms with van der Waals surface area (Å²) < 4.78 is 5.25. The third-order valence-corrected chi connectivity index (χ3v) is 4.86. The van der Waals surface area contributed by atoms with E-state index in [1.54, 1.807) is 24.3 Å². The van der Waals surface area contributed by atoms with Crippen molar-refractivity contribution >= 4 is 34.3 Å². The van der Waals surface area contributed by atoms with Gasteiger partial charge in [0.05, 0.1) is 22.3 Å². The molecule has 130 valence electrons. The van der Waals surface area contributed by atoms with Crippen LogP contribution in [0.25, 0.3) is 22.4 Å². The molecule has 1 unspecified atom stereocenters. The van der Waals surface area contributed by atoms with Crippen molar-refractivity contribution in [3.05, 3.63) is 33.1 Å². The molecule has 3 heterocycles. The fraction of sp³-hybridized carbons (Fsp3) is 0.294. The van der Waals surface area contributed by atoms with Crippen LogP contribution in [0.1, 0.15) is 32.7 Å². The minimum Gasteiger partial charge on any atom is -0.480 e. The summed E-state index contributed by atoms with van der Waals surface area (Å²) in [5.41, 5.74) is 2.60. The van der Waals surface area contributed by atoms with Gasteiger partial charge in [0.1, 0.15) is 6.04 Å². The molecule has 8 heteroatoms. The number of rotatable bonds is 4. The van der Waals surface area contributed by atoms with Crippen LogP contribution in [0, 0.1) is 20.8 Å². The van der Waals surface area contributed by atoms with E-state index >= 15 is 0 Å². The van der Waals surface area contributed by atoms with Gasteiger partial charge in [-0.1, -0.05) is 5.16 Å². The topological polar surface area (TPSA) is 105 Å². The molecule has 0 spiro atoms. The quantitative estimate of drug-likeness (QED) is 0.741. The van der Waals surface area contributed by atoms with E-state index in [4.69, 9.17) is 9.63 Å². The van der Waals surface area contributed by atoms with Crippen LogP contribution in [0.4, 0.5) is 0 Å². The van der Waals surface area contributed by atoms with Crippen molar-refractivity contribution in [2.45, 2.75) is 33.7 Å². The lowest BCUT2D eigenvalue weighted by molar-refractivity contribution is -0.138. The van der Waals surface area contributed by atoms with Crippen LogP contribution < -0.4 is 5.32 Å². The van der Waals surface area contributed by atoms with E-state index in [1.165, 1.54) is 6.92 Å². The van der Waals surface area contributed by atoms with Gasteiger partial charge in [0.2, 0.25) is 0 Å². The Hall–Kier alpha value is -2.74. The second kappa shape index (κ2) is 6.29. The molecular formula is C17H17N3O4S. The summed E-state index contributed by atoms with van der Waals surface area (Å²) in [6.07, 6.45) is 0. The third kappa shape index (κ3) is 3.12. The van der Waals surface area contributed by atoms with Crippen molar-refractivity contribution in [2.75, 3.05) is 0 Å². The molecule has 0 bridgehead atoms. The number of pyridine rings is 1. The Bertz CT molecular complexity index is 989.